The van der Waals surface area contributed by atoms with Crippen LogP contribution in [0.15, 0.2) is 0 Å². The molecule has 0 bridgehead atoms. The average Bonchev–Trinajstić information content (AvgIpc) is 3.18. The lowest BCUT2D eigenvalue weighted by Crippen LogP contribution is -2.45. The molecular weight excluding hydrogens is 216 g/mol. The number of rotatable bonds is 6. The summed E-state index contributed by atoms with van der Waals surface area (Å²) in [6.45, 7) is 1.48. The van der Waals surface area contributed by atoms with Gasteiger partial charge in [-0.3, -0.25) is 4.79 Å². The summed E-state index contributed by atoms with van der Waals surface area (Å²) < 4.78 is 0. The molecule has 0 spiro atoms. The van der Waals surface area contributed by atoms with Gasteiger partial charge in [0.2, 0.25) is 5.91 Å². The molecule has 3 N–H and O–H groups in total. The van der Waals surface area contributed by atoms with Crippen LogP contribution in [-0.4, -0.2) is 36.8 Å². The lowest BCUT2D eigenvalue weighted by atomic mass is 9.85. The van der Waals surface area contributed by atoms with E-state index in [0.717, 1.165) is 25.3 Å². The molecule has 4 heteroatoms. The van der Waals surface area contributed by atoms with Crippen molar-refractivity contribution >= 4 is 5.91 Å². The topological polar surface area (TPSA) is 61.4 Å². The predicted octanol–water partition coefficient (Wildman–Crippen LogP) is 0.653. The fourth-order valence-corrected chi connectivity index (χ4v) is 2.56. The number of aliphatic hydroxyl groups is 1. The van der Waals surface area contributed by atoms with Crippen molar-refractivity contribution in [3.8, 4) is 0 Å². The molecule has 0 aromatic heterocycles. The van der Waals surface area contributed by atoms with Crippen LogP contribution in [0.4, 0.5) is 0 Å². The Hall–Kier alpha value is -0.610. The van der Waals surface area contributed by atoms with E-state index >= 15 is 0 Å². The summed E-state index contributed by atoms with van der Waals surface area (Å²) in [5, 5.41) is 15.5. The van der Waals surface area contributed by atoms with Crippen molar-refractivity contribution in [2.75, 3.05) is 19.7 Å². The van der Waals surface area contributed by atoms with Crippen LogP contribution in [0.2, 0.25) is 0 Å². The van der Waals surface area contributed by atoms with Gasteiger partial charge in [0.15, 0.2) is 0 Å². The van der Waals surface area contributed by atoms with Gasteiger partial charge in [0.05, 0.1) is 6.54 Å². The van der Waals surface area contributed by atoms with E-state index in [1.54, 1.807) is 0 Å². The van der Waals surface area contributed by atoms with Gasteiger partial charge in [-0.2, -0.15) is 0 Å². The van der Waals surface area contributed by atoms with Gasteiger partial charge in [0, 0.05) is 19.2 Å². The van der Waals surface area contributed by atoms with Crippen LogP contribution in [0.3, 0.4) is 0 Å². The standard InChI is InChI=1S/C13H24N2O2/c16-9-11-3-1-2-4-12(11)14-8-13(17)15-7-10-5-6-10/h10-12,14,16H,1-9H2,(H,15,17). The highest BCUT2D eigenvalue weighted by atomic mass is 16.3. The first-order valence-corrected chi connectivity index (χ1v) is 6.90. The Labute approximate surface area is 103 Å². The van der Waals surface area contributed by atoms with Crippen molar-refractivity contribution < 1.29 is 9.90 Å². The van der Waals surface area contributed by atoms with E-state index in [4.69, 9.17) is 0 Å². The molecule has 4 nitrogen and oxygen atoms in total. The van der Waals surface area contributed by atoms with Crippen molar-refractivity contribution in [1.82, 2.24) is 10.6 Å². The third kappa shape index (κ3) is 4.28. The summed E-state index contributed by atoms with van der Waals surface area (Å²) in [6.07, 6.45) is 7.11. The zero-order valence-electron chi connectivity index (χ0n) is 10.5. The number of carbonyl (C=O) groups is 1. The average molecular weight is 240 g/mol. The highest BCUT2D eigenvalue weighted by molar-refractivity contribution is 5.78. The Morgan fingerprint density at radius 3 is 2.65 bits per heavy atom. The summed E-state index contributed by atoms with van der Waals surface area (Å²) in [4.78, 5) is 11.6. The third-order valence-electron chi connectivity index (χ3n) is 3.95. The van der Waals surface area contributed by atoms with E-state index < -0.39 is 0 Å². The zero-order chi connectivity index (χ0) is 12.1. The quantitative estimate of drug-likeness (QED) is 0.639. The van der Waals surface area contributed by atoms with Gasteiger partial charge in [-0.1, -0.05) is 12.8 Å². The van der Waals surface area contributed by atoms with Gasteiger partial charge in [-0.25, -0.2) is 0 Å². The number of amides is 1. The number of nitrogens with one attached hydrogen (secondary N) is 2. The molecule has 17 heavy (non-hydrogen) atoms. The van der Waals surface area contributed by atoms with Crippen molar-refractivity contribution in [2.24, 2.45) is 11.8 Å². The molecule has 0 aromatic rings. The molecule has 0 radical (unpaired) electrons. The van der Waals surface area contributed by atoms with Crippen molar-refractivity contribution in [1.29, 1.82) is 0 Å². The molecular formula is C13H24N2O2. The largest absolute Gasteiger partial charge is 0.396 e. The molecule has 1 amide bonds. The van der Waals surface area contributed by atoms with Crippen molar-refractivity contribution in [3.63, 3.8) is 0 Å². The molecule has 2 fully saturated rings. The fourth-order valence-electron chi connectivity index (χ4n) is 2.56. The molecule has 2 rings (SSSR count). The van der Waals surface area contributed by atoms with Crippen molar-refractivity contribution in [2.45, 2.75) is 44.6 Å². The minimum Gasteiger partial charge on any atom is -0.396 e. The molecule has 0 saturated heterocycles. The maximum absolute atomic E-state index is 11.6. The Balaban J connectivity index is 1.62. The fraction of sp³-hybridized carbons (Fsp3) is 0.923. The Bertz CT molecular complexity index is 254. The second-order valence-electron chi connectivity index (χ2n) is 5.46. The summed E-state index contributed by atoms with van der Waals surface area (Å²) in [6, 6.07) is 0.320. The Kier molecular flexibility index (Phi) is 4.80. The SMILES string of the molecule is O=C(CNC1CCCCC1CO)NCC1CC1. The summed E-state index contributed by atoms with van der Waals surface area (Å²) in [5.41, 5.74) is 0. The summed E-state index contributed by atoms with van der Waals surface area (Å²) >= 11 is 0. The second kappa shape index (κ2) is 6.36. The smallest absolute Gasteiger partial charge is 0.233 e. The van der Waals surface area contributed by atoms with Crippen LogP contribution in [0.25, 0.3) is 0 Å². The highest BCUT2D eigenvalue weighted by Crippen LogP contribution is 2.27. The first-order valence-electron chi connectivity index (χ1n) is 6.90. The Morgan fingerprint density at radius 2 is 1.94 bits per heavy atom. The lowest BCUT2D eigenvalue weighted by Gasteiger charge is -2.30. The van der Waals surface area contributed by atoms with E-state index in [1.165, 1.54) is 25.7 Å². The van der Waals surface area contributed by atoms with E-state index in [-0.39, 0.29) is 12.5 Å². The van der Waals surface area contributed by atoms with Gasteiger partial charge in [-0.15, -0.1) is 0 Å². The van der Waals surface area contributed by atoms with E-state index in [2.05, 4.69) is 10.6 Å². The van der Waals surface area contributed by atoms with Gasteiger partial charge in [-0.05, 0) is 37.5 Å². The second-order valence-corrected chi connectivity index (χ2v) is 5.46. The molecule has 0 heterocycles. The van der Waals surface area contributed by atoms with Crippen LogP contribution in [0.1, 0.15) is 38.5 Å². The summed E-state index contributed by atoms with van der Waals surface area (Å²) in [5.74, 6) is 1.16. The minimum atomic E-state index is 0.0964. The normalized spacial score (nSPS) is 29.0. The molecule has 2 unspecified atom stereocenters. The van der Waals surface area contributed by atoms with E-state index in [9.17, 15) is 9.90 Å². The third-order valence-corrected chi connectivity index (χ3v) is 3.95. The molecule has 0 aromatic carbocycles. The van der Waals surface area contributed by atoms with Crippen LogP contribution in [0, 0.1) is 11.8 Å². The van der Waals surface area contributed by atoms with Gasteiger partial charge in [0.25, 0.3) is 0 Å². The molecule has 2 saturated carbocycles. The first kappa shape index (κ1) is 12.8. The van der Waals surface area contributed by atoms with Crippen LogP contribution >= 0.6 is 0 Å². The molecule has 98 valence electrons. The maximum atomic E-state index is 11.6. The van der Waals surface area contributed by atoms with E-state index in [1.807, 2.05) is 0 Å². The number of aliphatic hydroxyl groups excluding tert-OH is 1. The van der Waals surface area contributed by atoms with Crippen molar-refractivity contribution in [3.05, 3.63) is 0 Å². The summed E-state index contributed by atoms with van der Waals surface area (Å²) in [7, 11) is 0. The predicted molar refractivity (Wildman–Crippen MR) is 66.6 cm³/mol. The maximum Gasteiger partial charge on any atom is 0.233 e. The van der Waals surface area contributed by atoms with Gasteiger partial charge in [0.1, 0.15) is 0 Å². The molecule has 2 atom stereocenters. The lowest BCUT2D eigenvalue weighted by molar-refractivity contribution is -0.120. The Morgan fingerprint density at radius 1 is 1.18 bits per heavy atom. The molecule has 2 aliphatic rings. The minimum absolute atomic E-state index is 0.0964. The van der Waals surface area contributed by atoms with Crippen LogP contribution < -0.4 is 10.6 Å². The number of hydrogen-bond acceptors (Lipinski definition) is 3. The van der Waals surface area contributed by atoms with Gasteiger partial charge < -0.3 is 15.7 Å². The van der Waals surface area contributed by atoms with E-state index in [0.29, 0.717) is 18.5 Å². The molecule has 2 aliphatic carbocycles. The first-order chi connectivity index (χ1) is 8.29. The molecule has 0 aliphatic heterocycles. The zero-order valence-corrected chi connectivity index (χ0v) is 10.5. The number of hydrogen-bond donors (Lipinski definition) is 3. The monoisotopic (exact) mass is 240 g/mol. The number of carbonyl (C=O) groups excluding carboxylic acids is 1. The van der Waals surface area contributed by atoms with Crippen LogP contribution in [0.5, 0.6) is 0 Å². The highest BCUT2D eigenvalue weighted by Gasteiger charge is 2.25. The van der Waals surface area contributed by atoms with Crippen LogP contribution in [-0.2, 0) is 4.79 Å². The van der Waals surface area contributed by atoms with Gasteiger partial charge >= 0.3 is 0 Å².